The Hall–Kier alpha value is -0.620. The molecule has 0 radical (unpaired) electrons. The Bertz CT molecular complexity index is 263. The summed E-state index contributed by atoms with van der Waals surface area (Å²) in [6.45, 7) is 2.00. The van der Waals surface area contributed by atoms with Crippen LogP contribution >= 0.6 is 23.1 Å². The van der Waals surface area contributed by atoms with E-state index in [1.807, 2.05) is 6.92 Å². The van der Waals surface area contributed by atoms with Gasteiger partial charge in [-0.2, -0.15) is 0 Å². The SMILES string of the molecule is CC(CCC(=O)O)Sc1nncs1. The zero-order valence-electron chi connectivity index (χ0n) is 7.14. The Kier molecular flexibility index (Phi) is 4.17. The van der Waals surface area contributed by atoms with E-state index in [1.165, 1.54) is 11.3 Å². The summed E-state index contributed by atoms with van der Waals surface area (Å²) >= 11 is 3.05. The molecule has 1 rings (SSSR count). The molecule has 0 bridgehead atoms. The van der Waals surface area contributed by atoms with Crippen LogP contribution in [0.5, 0.6) is 0 Å². The summed E-state index contributed by atoms with van der Waals surface area (Å²) in [4.78, 5) is 10.3. The van der Waals surface area contributed by atoms with E-state index in [9.17, 15) is 4.79 Å². The maximum Gasteiger partial charge on any atom is 0.303 e. The first-order valence-electron chi connectivity index (χ1n) is 3.83. The molecule has 4 nitrogen and oxygen atoms in total. The van der Waals surface area contributed by atoms with E-state index < -0.39 is 5.97 Å². The lowest BCUT2D eigenvalue weighted by Gasteiger charge is -2.05. The van der Waals surface area contributed by atoms with Gasteiger partial charge in [0.15, 0.2) is 4.34 Å². The van der Waals surface area contributed by atoms with Crippen molar-refractivity contribution < 1.29 is 9.90 Å². The van der Waals surface area contributed by atoms with E-state index in [0.717, 1.165) is 4.34 Å². The largest absolute Gasteiger partial charge is 0.481 e. The molecular formula is C7H10N2O2S2. The highest BCUT2D eigenvalue weighted by molar-refractivity contribution is 8.01. The fourth-order valence-corrected chi connectivity index (χ4v) is 2.57. The number of hydrogen-bond donors (Lipinski definition) is 1. The molecule has 0 saturated heterocycles. The second-order valence-corrected chi connectivity index (χ2v) is 5.08. The molecule has 0 aliphatic carbocycles. The fraction of sp³-hybridized carbons (Fsp3) is 0.571. The summed E-state index contributed by atoms with van der Waals surface area (Å²) in [7, 11) is 0. The lowest BCUT2D eigenvalue weighted by Crippen LogP contribution is -2.01. The van der Waals surface area contributed by atoms with E-state index in [-0.39, 0.29) is 11.7 Å². The van der Waals surface area contributed by atoms with Gasteiger partial charge < -0.3 is 5.11 Å². The first kappa shape index (κ1) is 10.5. The van der Waals surface area contributed by atoms with Crippen LogP contribution in [0.1, 0.15) is 19.8 Å². The van der Waals surface area contributed by atoms with E-state index in [2.05, 4.69) is 10.2 Å². The first-order valence-corrected chi connectivity index (χ1v) is 5.59. The van der Waals surface area contributed by atoms with Gasteiger partial charge in [0.1, 0.15) is 5.51 Å². The van der Waals surface area contributed by atoms with Crippen molar-refractivity contribution in [3.05, 3.63) is 5.51 Å². The molecule has 0 aromatic carbocycles. The molecular weight excluding hydrogens is 208 g/mol. The topological polar surface area (TPSA) is 63.1 Å². The predicted molar refractivity (Wildman–Crippen MR) is 52.1 cm³/mol. The van der Waals surface area contributed by atoms with Gasteiger partial charge in [0.2, 0.25) is 0 Å². The number of nitrogens with zero attached hydrogens (tertiary/aromatic N) is 2. The van der Waals surface area contributed by atoms with Crippen LogP contribution in [-0.2, 0) is 4.79 Å². The van der Waals surface area contributed by atoms with Crippen molar-refractivity contribution >= 4 is 29.1 Å². The molecule has 0 saturated carbocycles. The zero-order valence-corrected chi connectivity index (χ0v) is 8.77. The Morgan fingerprint density at radius 2 is 2.62 bits per heavy atom. The Labute approximate surface area is 84.4 Å². The quantitative estimate of drug-likeness (QED) is 0.764. The Morgan fingerprint density at radius 3 is 3.15 bits per heavy atom. The summed E-state index contributed by atoms with van der Waals surface area (Å²) in [5.74, 6) is -0.746. The second kappa shape index (κ2) is 5.18. The van der Waals surface area contributed by atoms with Crippen molar-refractivity contribution in [3.63, 3.8) is 0 Å². The zero-order chi connectivity index (χ0) is 9.68. The van der Waals surface area contributed by atoms with Crippen molar-refractivity contribution in [1.82, 2.24) is 10.2 Å². The molecule has 0 spiro atoms. The van der Waals surface area contributed by atoms with E-state index in [1.54, 1.807) is 17.3 Å². The van der Waals surface area contributed by atoms with Gasteiger partial charge in [0, 0.05) is 11.7 Å². The van der Waals surface area contributed by atoms with E-state index in [4.69, 9.17) is 5.11 Å². The summed E-state index contributed by atoms with van der Waals surface area (Å²) < 4.78 is 0.901. The molecule has 1 atom stereocenters. The average Bonchev–Trinajstić information content (AvgIpc) is 2.53. The van der Waals surface area contributed by atoms with Crippen LogP contribution < -0.4 is 0 Å². The van der Waals surface area contributed by atoms with Crippen LogP contribution in [0.2, 0.25) is 0 Å². The molecule has 1 aromatic heterocycles. The first-order chi connectivity index (χ1) is 6.18. The standard InChI is InChI=1S/C7H10N2O2S2/c1-5(2-3-6(10)11)13-7-9-8-4-12-7/h4-5H,2-3H2,1H3,(H,10,11). The number of carboxylic acid groups (broad SMARTS) is 1. The monoisotopic (exact) mass is 218 g/mol. The van der Waals surface area contributed by atoms with Crippen molar-refractivity contribution in [2.24, 2.45) is 0 Å². The van der Waals surface area contributed by atoms with Crippen LogP contribution in [0.15, 0.2) is 9.85 Å². The highest BCUT2D eigenvalue weighted by Crippen LogP contribution is 2.26. The van der Waals surface area contributed by atoms with E-state index in [0.29, 0.717) is 6.42 Å². The molecule has 6 heteroatoms. The summed E-state index contributed by atoms with van der Waals surface area (Å²) in [6, 6.07) is 0. The minimum Gasteiger partial charge on any atom is -0.481 e. The molecule has 0 aliphatic heterocycles. The van der Waals surface area contributed by atoms with Crippen LogP contribution in [-0.4, -0.2) is 26.5 Å². The maximum atomic E-state index is 10.3. The molecule has 13 heavy (non-hydrogen) atoms. The minimum atomic E-state index is -0.746. The van der Waals surface area contributed by atoms with Crippen LogP contribution in [0.25, 0.3) is 0 Å². The minimum absolute atomic E-state index is 0.215. The molecule has 0 aliphatic rings. The molecule has 0 amide bonds. The highest BCUT2D eigenvalue weighted by Gasteiger charge is 2.08. The van der Waals surface area contributed by atoms with Gasteiger partial charge in [0.05, 0.1) is 0 Å². The molecule has 0 fully saturated rings. The Balaban J connectivity index is 2.25. The number of thioether (sulfide) groups is 1. The lowest BCUT2D eigenvalue weighted by atomic mass is 10.2. The fourth-order valence-electron chi connectivity index (χ4n) is 0.772. The normalized spacial score (nSPS) is 12.7. The molecule has 72 valence electrons. The van der Waals surface area contributed by atoms with Gasteiger partial charge in [-0.05, 0) is 6.42 Å². The van der Waals surface area contributed by atoms with Crippen LogP contribution in [0, 0.1) is 0 Å². The molecule has 1 unspecified atom stereocenters. The Morgan fingerprint density at radius 1 is 1.85 bits per heavy atom. The number of carboxylic acids is 1. The predicted octanol–water partition coefficient (Wildman–Crippen LogP) is 1.88. The van der Waals surface area contributed by atoms with E-state index >= 15 is 0 Å². The number of hydrogen-bond acceptors (Lipinski definition) is 5. The van der Waals surface area contributed by atoms with Crippen molar-refractivity contribution in [1.29, 1.82) is 0 Å². The van der Waals surface area contributed by atoms with Crippen LogP contribution in [0.3, 0.4) is 0 Å². The average molecular weight is 218 g/mol. The number of carbonyl (C=O) groups is 1. The number of aromatic nitrogens is 2. The third-order valence-electron chi connectivity index (χ3n) is 1.41. The summed E-state index contributed by atoms with van der Waals surface area (Å²) in [5.41, 5.74) is 1.67. The summed E-state index contributed by atoms with van der Waals surface area (Å²) in [5, 5.41) is 16.3. The number of aliphatic carboxylic acids is 1. The third-order valence-corrected chi connectivity index (χ3v) is 3.39. The van der Waals surface area contributed by atoms with Gasteiger partial charge >= 0.3 is 5.97 Å². The van der Waals surface area contributed by atoms with Gasteiger partial charge in [-0.1, -0.05) is 30.0 Å². The molecule has 1 N–H and O–H groups in total. The third kappa shape index (κ3) is 4.23. The van der Waals surface area contributed by atoms with Crippen molar-refractivity contribution in [2.45, 2.75) is 29.4 Å². The molecule has 1 heterocycles. The van der Waals surface area contributed by atoms with Gasteiger partial charge in [0.25, 0.3) is 0 Å². The maximum absolute atomic E-state index is 10.3. The van der Waals surface area contributed by atoms with Crippen molar-refractivity contribution in [2.75, 3.05) is 0 Å². The molecule has 1 aromatic rings. The van der Waals surface area contributed by atoms with Gasteiger partial charge in [-0.3, -0.25) is 4.79 Å². The smallest absolute Gasteiger partial charge is 0.303 e. The van der Waals surface area contributed by atoms with Gasteiger partial charge in [-0.15, -0.1) is 10.2 Å². The lowest BCUT2D eigenvalue weighted by molar-refractivity contribution is -0.137. The second-order valence-electron chi connectivity index (χ2n) is 2.57. The summed E-state index contributed by atoms with van der Waals surface area (Å²) in [6.07, 6.45) is 0.881. The van der Waals surface area contributed by atoms with Crippen LogP contribution in [0.4, 0.5) is 0 Å². The van der Waals surface area contributed by atoms with Crippen molar-refractivity contribution in [3.8, 4) is 0 Å². The highest BCUT2D eigenvalue weighted by atomic mass is 32.2. The van der Waals surface area contributed by atoms with Gasteiger partial charge in [-0.25, -0.2) is 0 Å². The number of rotatable bonds is 5.